The second-order valence-corrected chi connectivity index (χ2v) is 8.54. The van der Waals surface area contributed by atoms with Crippen molar-refractivity contribution in [3.05, 3.63) is 0 Å². The van der Waals surface area contributed by atoms with Gasteiger partial charge in [0.05, 0.1) is 24.5 Å². The summed E-state index contributed by atoms with van der Waals surface area (Å²) in [5.41, 5.74) is 0. The third-order valence-corrected chi connectivity index (χ3v) is 8.70. The summed E-state index contributed by atoms with van der Waals surface area (Å²) >= 11 is 7.40. The Labute approximate surface area is 134 Å². The van der Waals surface area contributed by atoms with Crippen LogP contribution >= 0.6 is 31.9 Å². The molecule has 2 bridgehead atoms. The molecule has 2 heterocycles. The van der Waals surface area contributed by atoms with Crippen LogP contribution in [-0.2, 0) is 14.3 Å². The van der Waals surface area contributed by atoms with Crippen LogP contribution in [0.15, 0.2) is 0 Å². The zero-order chi connectivity index (χ0) is 14.0. The lowest BCUT2D eigenvalue weighted by Gasteiger charge is -2.28. The Morgan fingerprint density at radius 1 is 1.10 bits per heavy atom. The maximum Gasteiger partial charge on any atom is 0.233 e. The fourth-order valence-corrected chi connectivity index (χ4v) is 6.46. The van der Waals surface area contributed by atoms with E-state index in [-0.39, 0.29) is 29.8 Å². The minimum Gasteiger partial charge on any atom is -0.376 e. The zero-order valence-electron chi connectivity index (χ0n) is 11.0. The van der Waals surface area contributed by atoms with Gasteiger partial charge in [0.1, 0.15) is 0 Å². The number of carbonyl (C=O) groups excluding carboxylic acids is 2. The van der Waals surface area contributed by atoms with Crippen molar-refractivity contribution < 1.29 is 14.3 Å². The molecule has 0 radical (unpaired) electrons. The van der Waals surface area contributed by atoms with E-state index < -0.39 is 0 Å². The lowest BCUT2D eigenvalue weighted by molar-refractivity contribution is -0.142. The molecule has 110 valence electrons. The molecule has 6 heteroatoms. The molecule has 0 aromatic rings. The highest BCUT2D eigenvalue weighted by atomic mass is 79.9. The smallest absolute Gasteiger partial charge is 0.233 e. The highest BCUT2D eigenvalue weighted by Crippen LogP contribution is 2.60. The van der Waals surface area contributed by atoms with Gasteiger partial charge >= 0.3 is 0 Å². The third-order valence-electron chi connectivity index (χ3n) is 5.49. The van der Waals surface area contributed by atoms with Crippen LogP contribution in [-0.4, -0.2) is 45.6 Å². The SMILES string of the molecule is O=C1[C@@H]2[C@H]3C[C@@H]([C@H](Br)[C@@H]3Br)[C@@H]2C(=O)N1C[C@H]1CCCO1. The second-order valence-electron chi connectivity index (χ2n) is 6.43. The van der Waals surface area contributed by atoms with Crippen molar-refractivity contribution in [3.8, 4) is 0 Å². The van der Waals surface area contributed by atoms with Crippen molar-refractivity contribution in [1.29, 1.82) is 0 Å². The van der Waals surface area contributed by atoms with Crippen LogP contribution in [0, 0.1) is 23.7 Å². The van der Waals surface area contributed by atoms with E-state index in [0.29, 0.717) is 28.0 Å². The Bertz CT molecular complexity index is 433. The van der Waals surface area contributed by atoms with Gasteiger partial charge in [0, 0.05) is 16.3 Å². The van der Waals surface area contributed by atoms with E-state index >= 15 is 0 Å². The average Bonchev–Trinajstić information content (AvgIpc) is 3.15. The minimum absolute atomic E-state index is 0.0480. The molecular formula is C14H17Br2NO3. The number of likely N-dealkylation sites (tertiary alicyclic amines) is 1. The first-order valence-electron chi connectivity index (χ1n) is 7.34. The van der Waals surface area contributed by atoms with Gasteiger partial charge in [-0.15, -0.1) is 0 Å². The number of halogens is 2. The Balaban J connectivity index is 1.57. The summed E-state index contributed by atoms with van der Waals surface area (Å²) in [6, 6.07) is 0. The molecule has 4 fully saturated rings. The summed E-state index contributed by atoms with van der Waals surface area (Å²) in [7, 11) is 0. The first-order valence-corrected chi connectivity index (χ1v) is 9.17. The van der Waals surface area contributed by atoms with Gasteiger partial charge < -0.3 is 4.74 Å². The number of alkyl halides is 2. The Hall–Kier alpha value is 0.0600. The number of hydrogen-bond acceptors (Lipinski definition) is 3. The van der Waals surface area contributed by atoms with Gasteiger partial charge in [-0.3, -0.25) is 14.5 Å². The molecule has 2 saturated heterocycles. The normalized spacial score (nSPS) is 50.3. The molecule has 0 spiro atoms. The molecule has 2 aliphatic heterocycles. The highest BCUT2D eigenvalue weighted by Gasteiger charge is 2.66. The molecule has 0 N–H and O–H groups in total. The number of fused-ring (bicyclic) bond motifs is 5. The monoisotopic (exact) mass is 405 g/mol. The van der Waals surface area contributed by atoms with Crippen LogP contribution in [0.3, 0.4) is 0 Å². The number of nitrogens with zero attached hydrogens (tertiary/aromatic N) is 1. The Morgan fingerprint density at radius 2 is 1.70 bits per heavy atom. The van der Waals surface area contributed by atoms with E-state index in [1.807, 2.05) is 0 Å². The number of ether oxygens (including phenoxy) is 1. The van der Waals surface area contributed by atoms with Crippen LogP contribution < -0.4 is 0 Å². The predicted octanol–water partition coefficient (Wildman–Crippen LogP) is 1.94. The molecule has 7 atom stereocenters. The third kappa shape index (κ3) is 1.73. The lowest BCUT2D eigenvalue weighted by Crippen LogP contribution is -2.38. The number of amides is 2. The molecule has 4 nitrogen and oxygen atoms in total. The van der Waals surface area contributed by atoms with Crippen molar-refractivity contribution in [3.63, 3.8) is 0 Å². The van der Waals surface area contributed by atoms with Crippen LogP contribution in [0.1, 0.15) is 19.3 Å². The number of carbonyl (C=O) groups is 2. The van der Waals surface area contributed by atoms with E-state index in [0.717, 1.165) is 25.9 Å². The van der Waals surface area contributed by atoms with Gasteiger partial charge in [-0.25, -0.2) is 0 Å². The number of hydrogen-bond donors (Lipinski definition) is 0. The predicted molar refractivity (Wildman–Crippen MR) is 79.7 cm³/mol. The average molecular weight is 407 g/mol. The summed E-state index contributed by atoms with van der Waals surface area (Å²) in [5.74, 6) is 0.526. The molecule has 2 saturated carbocycles. The van der Waals surface area contributed by atoms with E-state index in [1.54, 1.807) is 0 Å². The van der Waals surface area contributed by atoms with Gasteiger partial charge in [-0.2, -0.15) is 0 Å². The molecule has 0 aromatic heterocycles. The molecule has 0 aromatic carbocycles. The second kappa shape index (κ2) is 4.78. The Morgan fingerprint density at radius 3 is 2.20 bits per heavy atom. The molecule has 2 amide bonds. The van der Waals surface area contributed by atoms with E-state index in [9.17, 15) is 9.59 Å². The van der Waals surface area contributed by atoms with Crippen molar-refractivity contribution >= 4 is 43.7 Å². The first kappa shape index (κ1) is 13.7. The first-order chi connectivity index (χ1) is 9.59. The summed E-state index contributed by atoms with van der Waals surface area (Å²) < 4.78 is 5.58. The summed E-state index contributed by atoms with van der Waals surface area (Å²) in [6.45, 7) is 1.22. The fourth-order valence-electron chi connectivity index (χ4n) is 4.58. The summed E-state index contributed by atoms with van der Waals surface area (Å²) in [4.78, 5) is 27.4. The van der Waals surface area contributed by atoms with Crippen LogP contribution in [0.2, 0.25) is 0 Å². The van der Waals surface area contributed by atoms with Gasteiger partial charge in [0.25, 0.3) is 0 Å². The zero-order valence-corrected chi connectivity index (χ0v) is 14.2. The van der Waals surface area contributed by atoms with Crippen LogP contribution in [0.4, 0.5) is 0 Å². The van der Waals surface area contributed by atoms with Crippen LogP contribution in [0.5, 0.6) is 0 Å². The van der Waals surface area contributed by atoms with Crippen molar-refractivity contribution in [2.45, 2.75) is 35.0 Å². The van der Waals surface area contributed by atoms with Gasteiger partial charge in [0.15, 0.2) is 0 Å². The molecule has 0 unspecified atom stereocenters. The van der Waals surface area contributed by atoms with Gasteiger partial charge in [-0.05, 0) is 31.1 Å². The van der Waals surface area contributed by atoms with Gasteiger partial charge in [0.2, 0.25) is 11.8 Å². The van der Waals surface area contributed by atoms with Crippen molar-refractivity contribution in [2.75, 3.05) is 13.2 Å². The molecule has 2 aliphatic carbocycles. The van der Waals surface area contributed by atoms with Crippen molar-refractivity contribution in [1.82, 2.24) is 4.90 Å². The lowest BCUT2D eigenvalue weighted by atomic mass is 9.81. The molecule has 4 rings (SSSR count). The number of rotatable bonds is 2. The topological polar surface area (TPSA) is 46.6 Å². The Kier molecular flexibility index (Phi) is 3.28. The summed E-state index contributed by atoms with van der Waals surface area (Å²) in [6.07, 6.45) is 3.04. The fraction of sp³-hybridized carbons (Fsp3) is 0.857. The summed E-state index contributed by atoms with van der Waals surface area (Å²) in [5, 5.41) is 0. The van der Waals surface area contributed by atoms with Crippen LogP contribution in [0.25, 0.3) is 0 Å². The minimum atomic E-state index is -0.0907. The highest BCUT2D eigenvalue weighted by molar-refractivity contribution is 9.12. The van der Waals surface area contributed by atoms with E-state index in [1.165, 1.54) is 4.90 Å². The molecule has 4 aliphatic rings. The van der Waals surface area contributed by atoms with E-state index in [2.05, 4.69) is 31.9 Å². The maximum absolute atomic E-state index is 12.6. The molecular weight excluding hydrogens is 390 g/mol. The number of imide groups is 1. The largest absolute Gasteiger partial charge is 0.376 e. The van der Waals surface area contributed by atoms with Gasteiger partial charge in [-0.1, -0.05) is 31.9 Å². The molecule has 20 heavy (non-hydrogen) atoms. The maximum atomic E-state index is 12.6. The van der Waals surface area contributed by atoms with Crippen molar-refractivity contribution in [2.24, 2.45) is 23.7 Å². The van der Waals surface area contributed by atoms with E-state index in [4.69, 9.17) is 4.74 Å². The standard InChI is InChI=1S/C14H17Br2NO3/c15-11-7-4-8(12(11)16)10-9(7)13(18)17(14(10)19)5-6-2-1-3-20-6/h6-12H,1-5H2/t6-,7-,8-,9-,10+,11-,12+/m1/s1. The quantitative estimate of drug-likeness (QED) is 0.520.